The summed E-state index contributed by atoms with van der Waals surface area (Å²) in [4.78, 5) is 4.82. The van der Waals surface area contributed by atoms with Gasteiger partial charge in [0.2, 0.25) is 0 Å². The predicted molar refractivity (Wildman–Crippen MR) is 95.5 cm³/mol. The van der Waals surface area contributed by atoms with E-state index in [2.05, 4.69) is 48.3 Å². The second-order valence-corrected chi connectivity index (χ2v) is 8.21. The van der Waals surface area contributed by atoms with E-state index < -0.39 is 0 Å². The van der Waals surface area contributed by atoms with Crippen LogP contribution in [-0.4, -0.2) is 28.6 Å². The second kappa shape index (κ2) is 7.61. The van der Waals surface area contributed by atoms with Gasteiger partial charge in [0.1, 0.15) is 0 Å². The number of fused-ring (bicyclic) bond motifs is 1. The molecule has 1 aliphatic rings. The van der Waals surface area contributed by atoms with E-state index >= 15 is 0 Å². The normalized spacial score (nSPS) is 20.7. The maximum atomic E-state index is 4.82. The SMILES string of the molecule is CCCNC(Cc1nc2ccccc2s1)C1CCCCS1. The summed E-state index contributed by atoms with van der Waals surface area (Å²) in [5.74, 6) is 1.33. The highest BCUT2D eigenvalue weighted by Crippen LogP contribution is 2.30. The van der Waals surface area contributed by atoms with Crippen molar-refractivity contribution in [3.05, 3.63) is 29.3 Å². The van der Waals surface area contributed by atoms with Gasteiger partial charge in [0.25, 0.3) is 0 Å². The fourth-order valence-electron chi connectivity index (χ4n) is 2.94. The van der Waals surface area contributed by atoms with Crippen LogP contribution in [0.2, 0.25) is 0 Å². The van der Waals surface area contributed by atoms with E-state index in [1.807, 2.05) is 11.3 Å². The zero-order chi connectivity index (χ0) is 14.5. The Bertz CT molecular complexity index is 528. The average Bonchev–Trinajstić information content (AvgIpc) is 2.94. The van der Waals surface area contributed by atoms with Crippen LogP contribution in [0.15, 0.2) is 24.3 Å². The van der Waals surface area contributed by atoms with E-state index in [0.717, 1.165) is 23.7 Å². The van der Waals surface area contributed by atoms with Crippen molar-refractivity contribution < 1.29 is 0 Å². The molecule has 3 rings (SSSR count). The molecule has 0 spiro atoms. The molecule has 0 saturated carbocycles. The van der Waals surface area contributed by atoms with Gasteiger partial charge in [0.15, 0.2) is 0 Å². The minimum atomic E-state index is 0.579. The summed E-state index contributed by atoms with van der Waals surface area (Å²) in [6, 6.07) is 9.07. The minimum Gasteiger partial charge on any atom is -0.312 e. The lowest BCUT2D eigenvalue weighted by atomic mass is 10.0. The molecule has 1 aromatic carbocycles. The van der Waals surface area contributed by atoms with Crippen LogP contribution >= 0.6 is 23.1 Å². The summed E-state index contributed by atoms with van der Waals surface area (Å²) in [5, 5.41) is 5.83. The highest BCUT2D eigenvalue weighted by molar-refractivity contribution is 8.00. The maximum Gasteiger partial charge on any atom is 0.0954 e. The van der Waals surface area contributed by atoms with E-state index in [1.165, 1.54) is 41.1 Å². The third-order valence-corrected chi connectivity index (χ3v) is 6.63. The van der Waals surface area contributed by atoms with Gasteiger partial charge in [-0.3, -0.25) is 0 Å². The number of thiazole rings is 1. The van der Waals surface area contributed by atoms with Gasteiger partial charge in [-0.1, -0.05) is 25.5 Å². The molecular formula is C17H24N2S2. The summed E-state index contributed by atoms with van der Waals surface area (Å²) >= 11 is 4.02. The smallest absolute Gasteiger partial charge is 0.0954 e. The number of rotatable bonds is 6. The number of benzene rings is 1. The van der Waals surface area contributed by atoms with Crippen LogP contribution in [0.5, 0.6) is 0 Å². The Morgan fingerprint density at radius 3 is 3.00 bits per heavy atom. The third-order valence-electron chi connectivity index (χ3n) is 4.05. The van der Waals surface area contributed by atoms with Crippen LogP contribution in [0.1, 0.15) is 37.6 Å². The van der Waals surface area contributed by atoms with E-state index in [-0.39, 0.29) is 0 Å². The molecule has 0 bridgehead atoms. The summed E-state index contributed by atoms with van der Waals surface area (Å²) in [5.41, 5.74) is 1.16. The van der Waals surface area contributed by atoms with E-state index in [4.69, 9.17) is 4.98 Å². The van der Waals surface area contributed by atoms with Gasteiger partial charge in [-0.25, -0.2) is 4.98 Å². The lowest BCUT2D eigenvalue weighted by Gasteiger charge is -2.30. The largest absolute Gasteiger partial charge is 0.312 e. The molecule has 4 heteroatoms. The maximum absolute atomic E-state index is 4.82. The van der Waals surface area contributed by atoms with E-state index in [0.29, 0.717) is 6.04 Å². The number of thioether (sulfide) groups is 1. The molecule has 1 aliphatic heterocycles. The lowest BCUT2D eigenvalue weighted by Crippen LogP contribution is -2.41. The Morgan fingerprint density at radius 1 is 1.33 bits per heavy atom. The summed E-state index contributed by atoms with van der Waals surface area (Å²) in [7, 11) is 0. The van der Waals surface area contributed by atoms with Crippen LogP contribution in [0.25, 0.3) is 10.2 Å². The van der Waals surface area contributed by atoms with Gasteiger partial charge in [0, 0.05) is 17.7 Å². The van der Waals surface area contributed by atoms with E-state index in [1.54, 1.807) is 0 Å². The molecule has 1 aromatic heterocycles. The summed E-state index contributed by atoms with van der Waals surface area (Å²) < 4.78 is 1.32. The number of nitrogens with zero attached hydrogens (tertiary/aromatic N) is 1. The monoisotopic (exact) mass is 320 g/mol. The number of hydrogen-bond donors (Lipinski definition) is 1. The van der Waals surface area contributed by atoms with Crippen molar-refractivity contribution >= 4 is 33.3 Å². The van der Waals surface area contributed by atoms with Crippen LogP contribution < -0.4 is 5.32 Å². The Morgan fingerprint density at radius 2 is 2.24 bits per heavy atom. The van der Waals surface area contributed by atoms with Crippen molar-refractivity contribution in [2.75, 3.05) is 12.3 Å². The first kappa shape index (κ1) is 15.3. The minimum absolute atomic E-state index is 0.579. The molecule has 0 amide bonds. The first-order valence-electron chi connectivity index (χ1n) is 8.06. The van der Waals surface area contributed by atoms with Crippen LogP contribution in [-0.2, 0) is 6.42 Å². The fraction of sp³-hybridized carbons (Fsp3) is 0.588. The van der Waals surface area contributed by atoms with Gasteiger partial charge in [-0.2, -0.15) is 11.8 Å². The molecular weight excluding hydrogens is 296 g/mol. The fourth-order valence-corrected chi connectivity index (χ4v) is 5.40. The highest BCUT2D eigenvalue weighted by atomic mass is 32.2. The first-order valence-corrected chi connectivity index (χ1v) is 9.93. The van der Waals surface area contributed by atoms with Gasteiger partial charge in [-0.05, 0) is 43.7 Å². The van der Waals surface area contributed by atoms with Gasteiger partial charge in [-0.15, -0.1) is 11.3 Å². The second-order valence-electron chi connectivity index (χ2n) is 5.75. The molecule has 2 unspecified atom stereocenters. The van der Waals surface area contributed by atoms with Crippen LogP contribution in [0.3, 0.4) is 0 Å². The standard InChI is InChI=1S/C17H24N2S2/c1-2-10-18-14(15-8-5-6-11-20-15)12-17-19-13-7-3-4-9-16(13)21-17/h3-4,7,9,14-15,18H,2,5-6,8,10-12H2,1H3. The molecule has 0 aliphatic carbocycles. The Hall–Kier alpha value is -0.580. The zero-order valence-electron chi connectivity index (χ0n) is 12.7. The molecule has 1 N–H and O–H groups in total. The molecule has 2 aromatic rings. The molecule has 2 nitrogen and oxygen atoms in total. The predicted octanol–water partition coefficient (Wildman–Crippen LogP) is 4.49. The van der Waals surface area contributed by atoms with Crippen molar-refractivity contribution in [1.82, 2.24) is 10.3 Å². The van der Waals surface area contributed by atoms with Gasteiger partial charge < -0.3 is 5.32 Å². The highest BCUT2D eigenvalue weighted by Gasteiger charge is 2.25. The van der Waals surface area contributed by atoms with Gasteiger partial charge in [0.05, 0.1) is 15.2 Å². The average molecular weight is 321 g/mol. The molecule has 0 radical (unpaired) electrons. The van der Waals surface area contributed by atoms with Gasteiger partial charge >= 0.3 is 0 Å². The molecule has 2 atom stereocenters. The Kier molecular flexibility index (Phi) is 5.55. The first-order chi connectivity index (χ1) is 10.4. The van der Waals surface area contributed by atoms with Crippen LogP contribution in [0.4, 0.5) is 0 Å². The topological polar surface area (TPSA) is 24.9 Å². The Balaban J connectivity index is 1.72. The molecule has 21 heavy (non-hydrogen) atoms. The van der Waals surface area contributed by atoms with Crippen molar-refractivity contribution in [3.63, 3.8) is 0 Å². The molecule has 114 valence electrons. The van der Waals surface area contributed by atoms with Crippen molar-refractivity contribution in [2.24, 2.45) is 0 Å². The lowest BCUT2D eigenvalue weighted by molar-refractivity contribution is 0.461. The molecule has 2 heterocycles. The molecule has 1 saturated heterocycles. The molecule has 1 fully saturated rings. The van der Waals surface area contributed by atoms with Crippen molar-refractivity contribution in [3.8, 4) is 0 Å². The number of para-hydroxylation sites is 1. The number of hydrogen-bond acceptors (Lipinski definition) is 4. The summed E-state index contributed by atoms with van der Waals surface area (Å²) in [6.07, 6.45) is 6.42. The summed E-state index contributed by atoms with van der Waals surface area (Å²) in [6.45, 7) is 3.36. The van der Waals surface area contributed by atoms with Crippen LogP contribution in [0, 0.1) is 0 Å². The van der Waals surface area contributed by atoms with Crippen molar-refractivity contribution in [1.29, 1.82) is 0 Å². The third kappa shape index (κ3) is 3.99. The number of nitrogens with one attached hydrogen (secondary N) is 1. The van der Waals surface area contributed by atoms with Crippen molar-refractivity contribution in [2.45, 2.75) is 50.3 Å². The number of aromatic nitrogens is 1. The van der Waals surface area contributed by atoms with E-state index in [9.17, 15) is 0 Å². The Labute approximate surface area is 135 Å². The quantitative estimate of drug-likeness (QED) is 0.848. The zero-order valence-corrected chi connectivity index (χ0v) is 14.3.